The van der Waals surface area contributed by atoms with Gasteiger partial charge in [0.25, 0.3) is 0 Å². The fourth-order valence-electron chi connectivity index (χ4n) is 4.59. The van der Waals surface area contributed by atoms with E-state index in [4.69, 9.17) is 11.5 Å². The number of fused-ring (bicyclic) bond motifs is 1. The zero-order valence-corrected chi connectivity index (χ0v) is 24.7. The number of hydrogen-bond donors (Lipinski definition) is 7. The summed E-state index contributed by atoms with van der Waals surface area (Å²) in [5, 5.41) is 17.9. The van der Waals surface area contributed by atoms with E-state index < -0.39 is 60.2 Å². The Hall–Kier alpha value is -4.42. The number of benzene rings is 2. The van der Waals surface area contributed by atoms with Gasteiger partial charge in [-0.15, -0.1) is 12.4 Å². The molecule has 0 saturated heterocycles. The minimum Gasteiger partial charge on any atom is -0.481 e. The van der Waals surface area contributed by atoms with Crippen LogP contribution in [-0.4, -0.2) is 63.9 Å². The van der Waals surface area contributed by atoms with E-state index in [1.807, 2.05) is 31.2 Å². The highest BCUT2D eigenvalue weighted by Gasteiger charge is 2.31. The van der Waals surface area contributed by atoms with Gasteiger partial charge >= 0.3 is 5.97 Å². The Morgan fingerprint density at radius 3 is 2.09 bits per heavy atom. The highest BCUT2D eigenvalue weighted by Crippen LogP contribution is 2.19. The minimum absolute atomic E-state index is 0. The maximum atomic E-state index is 13.3. The van der Waals surface area contributed by atoms with Gasteiger partial charge in [-0.1, -0.05) is 68.3 Å². The van der Waals surface area contributed by atoms with Crippen molar-refractivity contribution < 1.29 is 29.1 Å². The highest BCUT2D eigenvalue weighted by molar-refractivity contribution is 5.96. The molecule has 9 N–H and O–H groups in total. The molecule has 0 aliphatic rings. The number of nitrogens with one attached hydrogen (secondary N) is 4. The predicted octanol–water partition coefficient (Wildman–Crippen LogP) is 1.31. The number of halogens is 1. The van der Waals surface area contributed by atoms with Gasteiger partial charge in [-0.3, -0.25) is 24.0 Å². The molecule has 232 valence electrons. The van der Waals surface area contributed by atoms with Crippen molar-refractivity contribution in [1.29, 1.82) is 0 Å². The molecule has 0 unspecified atom stereocenters. The van der Waals surface area contributed by atoms with Gasteiger partial charge in [0, 0.05) is 23.5 Å². The average Bonchev–Trinajstić information content (AvgIpc) is 3.37. The number of primary amides is 1. The van der Waals surface area contributed by atoms with E-state index in [1.54, 1.807) is 36.5 Å². The second-order valence-corrected chi connectivity index (χ2v) is 10.2. The Morgan fingerprint density at radius 1 is 0.837 bits per heavy atom. The molecule has 4 amide bonds. The molecule has 1 aromatic heterocycles. The van der Waals surface area contributed by atoms with Gasteiger partial charge in [0.05, 0.1) is 12.5 Å². The molecule has 13 heteroatoms. The fraction of sp³-hybridized carbons (Fsp3) is 0.367. The van der Waals surface area contributed by atoms with Gasteiger partial charge in [-0.2, -0.15) is 0 Å². The minimum atomic E-state index is -1.52. The van der Waals surface area contributed by atoms with Crippen LogP contribution in [0, 0.1) is 0 Å². The largest absolute Gasteiger partial charge is 0.481 e. The quantitative estimate of drug-likeness (QED) is 0.126. The number of carbonyl (C=O) groups is 5. The van der Waals surface area contributed by atoms with Gasteiger partial charge < -0.3 is 37.5 Å². The third kappa shape index (κ3) is 10.4. The molecule has 3 aromatic rings. The number of carboxylic acids is 1. The van der Waals surface area contributed by atoms with E-state index in [1.165, 1.54) is 0 Å². The van der Waals surface area contributed by atoms with Crippen molar-refractivity contribution in [3.05, 3.63) is 71.9 Å². The fourth-order valence-corrected chi connectivity index (χ4v) is 4.59. The molecular formula is C30H39ClN6O6. The maximum Gasteiger partial charge on any atom is 0.305 e. The Labute approximate surface area is 255 Å². The van der Waals surface area contributed by atoms with Crippen LogP contribution >= 0.6 is 12.4 Å². The lowest BCUT2D eigenvalue weighted by Crippen LogP contribution is -2.58. The molecule has 0 spiro atoms. The molecule has 0 radical (unpaired) electrons. The van der Waals surface area contributed by atoms with Crippen LogP contribution in [0.25, 0.3) is 10.9 Å². The second-order valence-electron chi connectivity index (χ2n) is 10.2. The van der Waals surface area contributed by atoms with Gasteiger partial charge in [0.15, 0.2) is 0 Å². The number of aliphatic carboxylic acids is 1. The number of para-hydroxylation sites is 1. The zero-order valence-electron chi connectivity index (χ0n) is 23.9. The maximum absolute atomic E-state index is 13.3. The number of amides is 4. The monoisotopic (exact) mass is 614 g/mol. The summed E-state index contributed by atoms with van der Waals surface area (Å²) in [6.07, 6.45) is 2.88. The summed E-state index contributed by atoms with van der Waals surface area (Å²) in [5.41, 5.74) is 14.2. The van der Waals surface area contributed by atoms with Crippen LogP contribution in [0.2, 0.25) is 0 Å². The highest BCUT2D eigenvalue weighted by atomic mass is 35.5. The summed E-state index contributed by atoms with van der Waals surface area (Å²) < 4.78 is 0. The van der Waals surface area contributed by atoms with Crippen LogP contribution in [0.15, 0.2) is 60.8 Å². The summed E-state index contributed by atoms with van der Waals surface area (Å²) in [6.45, 7) is 1.91. The van der Waals surface area contributed by atoms with Crippen molar-refractivity contribution in [3.63, 3.8) is 0 Å². The summed E-state index contributed by atoms with van der Waals surface area (Å²) in [5.74, 6) is -4.35. The third-order valence-corrected chi connectivity index (χ3v) is 6.89. The first-order chi connectivity index (χ1) is 20.1. The normalized spacial score (nSPS) is 13.5. The van der Waals surface area contributed by atoms with Crippen LogP contribution in [0.1, 0.15) is 43.7 Å². The third-order valence-electron chi connectivity index (χ3n) is 6.89. The number of nitrogens with two attached hydrogens (primary N) is 2. The van der Waals surface area contributed by atoms with Crippen molar-refractivity contribution in [2.45, 2.75) is 69.6 Å². The number of H-pyrrole nitrogens is 1. The van der Waals surface area contributed by atoms with Crippen molar-refractivity contribution in [2.75, 3.05) is 0 Å². The van der Waals surface area contributed by atoms with Crippen molar-refractivity contribution in [2.24, 2.45) is 11.5 Å². The Kier molecular flexibility index (Phi) is 13.7. The van der Waals surface area contributed by atoms with Crippen molar-refractivity contribution >= 4 is 52.9 Å². The summed E-state index contributed by atoms with van der Waals surface area (Å²) in [6, 6.07) is 11.7. The van der Waals surface area contributed by atoms with E-state index in [0.717, 1.165) is 28.5 Å². The van der Waals surface area contributed by atoms with Gasteiger partial charge in [0.1, 0.15) is 18.1 Å². The molecule has 12 nitrogen and oxygen atoms in total. The SMILES string of the molecule is CCCC[C@H](NC(=O)[C@@H](N)Cc1c[nH]c2ccccc12)C(=O)N[C@@H](CC(=O)O)C(=O)N[C@@H](Cc1ccccc1)C(N)=O.Cl. The van der Waals surface area contributed by atoms with Crippen LogP contribution < -0.4 is 27.4 Å². The van der Waals surface area contributed by atoms with E-state index in [2.05, 4.69) is 20.9 Å². The van der Waals surface area contributed by atoms with E-state index in [0.29, 0.717) is 6.42 Å². The average molecular weight is 615 g/mol. The number of unbranched alkanes of at least 4 members (excludes halogenated alkanes) is 1. The summed E-state index contributed by atoms with van der Waals surface area (Å²) >= 11 is 0. The Bertz CT molecular complexity index is 1400. The van der Waals surface area contributed by atoms with E-state index in [9.17, 15) is 29.1 Å². The van der Waals surface area contributed by atoms with E-state index in [-0.39, 0.29) is 31.7 Å². The zero-order chi connectivity index (χ0) is 30.6. The molecule has 1 heterocycles. The molecule has 3 rings (SSSR count). The first-order valence-corrected chi connectivity index (χ1v) is 13.9. The number of hydrogen-bond acceptors (Lipinski definition) is 6. The number of carbonyl (C=O) groups excluding carboxylic acids is 4. The van der Waals surface area contributed by atoms with Crippen molar-refractivity contribution in [3.8, 4) is 0 Å². The molecular weight excluding hydrogens is 576 g/mol. The lowest BCUT2D eigenvalue weighted by molar-refractivity contribution is -0.141. The molecule has 0 aliphatic carbocycles. The lowest BCUT2D eigenvalue weighted by atomic mass is 10.0. The summed E-state index contributed by atoms with van der Waals surface area (Å²) in [4.78, 5) is 66.1. The smallest absolute Gasteiger partial charge is 0.305 e. The standard InChI is InChI=1S/C30H38N6O6.ClH/c1-2-3-12-23(34-28(40)21(31)15-19-17-33-22-13-8-7-11-20(19)22)29(41)36-25(16-26(37)38)30(42)35-24(27(32)39)14-18-9-5-4-6-10-18;/h4-11,13,17,21,23-25,33H,2-3,12,14-16,31H2,1H3,(H2,32,39)(H,34,40)(H,35,42)(H,36,41)(H,37,38);1H/t21-,23-,24-,25-;/m0./s1. The van der Waals surface area contributed by atoms with Crippen LogP contribution in [0.4, 0.5) is 0 Å². The molecule has 0 saturated carbocycles. The van der Waals surface area contributed by atoms with Crippen LogP contribution in [-0.2, 0) is 36.8 Å². The number of aromatic amines is 1. The first kappa shape index (κ1) is 34.8. The molecule has 0 bridgehead atoms. The molecule has 43 heavy (non-hydrogen) atoms. The number of rotatable bonds is 16. The van der Waals surface area contributed by atoms with Gasteiger partial charge in [-0.05, 0) is 30.0 Å². The first-order valence-electron chi connectivity index (χ1n) is 13.9. The Morgan fingerprint density at radius 2 is 1.44 bits per heavy atom. The predicted molar refractivity (Wildman–Crippen MR) is 164 cm³/mol. The number of aromatic nitrogens is 1. The topological polar surface area (TPSA) is 209 Å². The van der Waals surface area contributed by atoms with Crippen LogP contribution in [0.3, 0.4) is 0 Å². The Balaban J connectivity index is 0.00000645. The summed E-state index contributed by atoms with van der Waals surface area (Å²) in [7, 11) is 0. The molecule has 4 atom stereocenters. The van der Waals surface area contributed by atoms with E-state index >= 15 is 0 Å². The van der Waals surface area contributed by atoms with Gasteiger partial charge in [-0.25, -0.2) is 0 Å². The van der Waals surface area contributed by atoms with Crippen LogP contribution in [0.5, 0.6) is 0 Å². The van der Waals surface area contributed by atoms with Gasteiger partial charge in [0.2, 0.25) is 23.6 Å². The lowest BCUT2D eigenvalue weighted by Gasteiger charge is -2.25. The molecule has 0 aliphatic heterocycles. The molecule has 0 fully saturated rings. The second kappa shape index (κ2) is 16.9. The van der Waals surface area contributed by atoms with Crippen molar-refractivity contribution in [1.82, 2.24) is 20.9 Å². The molecule has 2 aromatic carbocycles. The number of carboxylic acid groups (broad SMARTS) is 1.